The Morgan fingerprint density at radius 1 is 1.29 bits per heavy atom. The maximum Gasteiger partial charge on any atom is 0.161 e. The molecule has 0 aliphatic heterocycles. The lowest BCUT2D eigenvalue weighted by Gasteiger charge is -2.11. The van der Waals surface area contributed by atoms with Crippen LogP contribution in [0.4, 0.5) is 0 Å². The van der Waals surface area contributed by atoms with Crippen molar-refractivity contribution in [3.63, 3.8) is 0 Å². The van der Waals surface area contributed by atoms with Crippen LogP contribution in [0.1, 0.15) is 19.5 Å². The Labute approximate surface area is 132 Å². The Morgan fingerprint density at radius 3 is 2.81 bits per heavy atom. The number of hydrogen-bond donors (Lipinski definition) is 1. The molecule has 1 N–H and O–H groups in total. The molecule has 0 unspecified atom stereocenters. The fourth-order valence-corrected chi connectivity index (χ4v) is 2.51. The lowest BCUT2D eigenvalue weighted by molar-refractivity contribution is 0.581. The summed E-state index contributed by atoms with van der Waals surface area (Å²) in [5.41, 5.74) is 1.02. The quantitative estimate of drug-likeness (QED) is 0.784. The Kier molecular flexibility index (Phi) is 4.03. The molecule has 0 saturated carbocycles. The van der Waals surface area contributed by atoms with E-state index in [-0.39, 0.29) is 0 Å². The molecule has 0 spiro atoms. The number of rotatable bonds is 4. The third kappa shape index (κ3) is 3.14. The van der Waals surface area contributed by atoms with Gasteiger partial charge in [-0.15, -0.1) is 0 Å². The van der Waals surface area contributed by atoms with Crippen molar-refractivity contribution in [2.24, 2.45) is 0 Å². The Bertz CT molecular complexity index is 764. The zero-order chi connectivity index (χ0) is 14.8. The van der Waals surface area contributed by atoms with E-state index in [9.17, 15) is 0 Å². The van der Waals surface area contributed by atoms with Gasteiger partial charge in [-0.05, 0) is 27.4 Å². The van der Waals surface area contributed by atoms with Gasteiger partial charge in [0.05, 0.1) is 16.4 Å². The van der Waals surface area contributed by atoms with Gasteiger partial charge >= 0.3 is 0 Å². The summed E-state index contributed by atoms with van der Waals surface area (Å²) in [6.07, 6.45) is 3.70. The van der Waals surface area contributed by atoms with Gasteiger partial charge in [0.2, 0.25) is 0 Å². The first-order valence-corrected chi connectivity index (χ1v) is 7.75. The molecular weight excluding hydrogens is 328 g/mol. The van der Waals surface area contributed by atoms with Crippen molar-refractivity contribution in [3.05, 3.63) is 52.9 Å². The second kappa shape index (κ2) is 5.95. The summed E-state index contributed by atoms with van der Waals surface area (Å²) in [7, 11) is 0. The lowest BCUT2D eigenvalue weighted by atomic mass is 10.1. The van der Waals surface area contributed by atoms with Gasteiger partial charge in [0.25, 0.3) is 0 Å². The summed E-state index contributed by atoms with van der Waals surface area (Å²) in [5.74, 6) is 0.861. The number of fused-ring (bicyclic) bond motifs is 1. The number of nitrogens with one attached hydrogen (secondary N) is 1. The minimum absolute atomic E-state index is 0.431. The highest BCUT2D eigenvalue weighted by Gasteiger charge is 2.09. The van der Waals surface area contributed by atoms with Crippen molar-refractivity contribution in [2.45, 2.75) is 26.4 Å². The average molecular weight is 345 g/mol. The third-order valence-electron chi connectivity index (χ3n) is 3.23. The van der Waals surface area contributed by atoms with E-state index in [0.717, 1.165) is 27.9 Å². The highest BCUT2D eigenvalue weighted by molar-refractivity contribution is 9.10. The molecule has 1 aromatic carbocycles. The van der Waals surface area contributed by atoms with E-state index in [1.54, 1.807) is 6.20 Å². The van der Waals surface area contributed by atoms with Crippen molar-refractivity contribution in [3.8, 4) is 5.82 Å². The van der Waals surface area contributed by atoms with Crippen molar-refractivity contribution in [1.82, 2.24) is 20.1 Å². The van der Waals surface area contributed by atoms with Crippen LogP contribution < -0.4 is 5.32 Å². The first-order chi connectivity index (χ1) is 10.1. The van der Waals surface area contributed by atoms with Gasteiger partial charge in [-0.1, -0.05) is 38.1 Å². The minimum Gasteiger partial charge on any atom is -0.309 e. The van der Waals surface area contributed by atoms with Crippen LogP contribution >= 0.6 is 15.9 Å². The molecule has 3 aromatic rings. The van der Waals surface area contributed by atoms with Crippen LogP contribution in [0.2, 0.25) is 0 Å². The monoisotopic (exact) mass is 344 g/mol. The van der Waals surface area contributed by atoms with Crippen LogP contribution in [0.3, 0.4) is 0 Å². The molecule has 2 aromatic heterocycles. The lowest BCUT2D eigenvalue weighted by Crippen LogP contribution is -2.22. The maximum atomic E-state index is 4.77. The van der Waals surface area contributed by atoms with E-state index in [1.165, 1.54) is 5.39 Å². The second-order valence-electron chi connectivity index (χ2n) is 5.30. The third-order valence-corrected chi connectivity index (χ3v) is 3.64. The van der Waals surface area contributed by atoms with Crippen LogP contribution in [0, 0.1) is 0 Å². The second-order valence-corrected chi connectivity index (χ2v) is 6.21. The number of hydrogen-bond acceptors (Lipinski definition) is 3. The molecule has 0 radical (unpaired) electrons. The number of halogens is 1. The number of nitrogens with zero attached hydrogens (tertiary/aromatic N) is 3. The van der Waals surface area contributed by atoms with E-state index in [2.05, 4.69) is 58.4 Å². The first-order valence-electron chi connectivity index (χ1n) is 6.96. The summed E-state index contributed by atoms with van der Waals surface area (Å²) in [5, 5.41) is 10.0. The van der Waals surface area contributed by atoms with E-state index < -0.39 is 0 Å². The van der Waals surface area contributed by atoms with Crippen LogP contribution in [-0.2, 0) is 6.54 Å². The molecule has 21 heavy (non-hydrogen) atoms. The molecule has 0 amide bonds. The molecule has 3 rings (SSSR count). The van der Waals surface area contributed by atoms with E-state index in [4.69, 9.17) is 4.98 Å². The van der Waals surface area contributed by atoms with E-state index in [1.807, 2.05) is 23.0 Å². The number of aromatic nitrogens is 3. The molecule has 5 heteroatoms. The molecule has 0 bridgehead atoms. The summed E-state index contributed by atoms with van der Waals surface area (Å²) in [4.78, 5) is 4.77. The molecular formula is C16H17BrN4. The van der Waals surface area contributed by atoms with Crippen LogP contribution in [0.5, 0.6) is 0 Å². The summed E-state index contributed by atoms with van der Waals surface area (Å²) < 4.78 is 2.75. The van der Waals surface area contributed by atoms with E-state index in [0.29, 0.717) is 6.04 Å². The predicted octanol–water partition coefficient (Wildman–Crippen LogP) is 3.68. The predicted molar refractivity (Wildman–Crippen MR) is 88.5 cm³/mol. The van der Waals surface area contributed by atoms with Crippen molar-refractivity contribution >= 4 is 26.7 Å². The van der Waals surface area contributed by atoms with Gasteiger partial charge in [-0.25, -0.2) is 9.67 Å². The molecule has 0 aliphatic carbocycles. The van der Waals surface area contributed by atoms with Gasteiger partial charge in [0.15, 0.2) is 5.82 Å². The molecule has 108 valence electrons. The normalized spacial score (nSPS) is 11.4. The van der Waals surface area contributed by atoms with Gasteiger partial charge in [-0.2, -0.15) is 5.10 Å². The smallest absolute Gasteiger partial charge is 0.161 e. The number of pyridine rings is 1. The van der Waals surface area contributed by atoms with Crippen molar-refractivity contribution < 1.29 is 0 Å². The molecule has 0 aliphatic rings. The molecule has 0 fully saturated rings. The summed E-state index contributed by atoms with van der Waals surface area (Å²) in [6.45, 7) is 5.01. The summed E-state index contributed by atoms with van der Waals surface area (Å²) in [6, 6.07) is 10.8. The molecule has 4 nitrogen and oxygen atoms in total. The topological polar surface area (TPSA) is 42.7 Å². The highest BCUT2D eigenvalue weighted by atomic mass is 79.9. The fraction of sp³-hybridized carbons (Fsp3) is 0.250. The molecule has 0 saturated heterocycles. The van der Waals surface area contributed by atoms with Crippen LogP contribution in [0.25, 0.3) is 16.6 Å². The van der Waals surface area contributed by atoms with Gasteiger partial charge < -0.3 is 5.32 Å². The Balaban J connectivity index is 2.11. The fourth-order valence-electron chi connectivity index (χ4n) is 2.23. The van der Waals surface area contributed by atoms with Crippen LogP contribution in [-0.4, -0.2) is 20.8 Å². The SMILES string of the molecule is CC(C)NCc1cc2ccccc2c(-n2cc(Br)cn2)n1. The zero-order valence-corrected chi connectivity index (χ0v) is 13.6. The van der Waals surface area contributed by atoms with E-state index >= 15 is 0 Å². The Hall–Kier alpha value is -1.72. The first kappa shape index (κ1) is 14.2. The molecule has 2 heterocycles. The van der Waals surface area contributed by atoms with Crippen LogP contribution in [0.15, 0.2) is 47.2 Å². The standard InChI is InChI=1S/C16H17BrN4/c1-11(2)18-9-14-7-12-5-3-4-6-15(12)16(20-14)21-10-13(17)8-19-21/h3-8,10-11,18H,9H2,1-2H3. The largest absolute Gasteiger partial charge is 0.309 e. The minimum atomic E-state index is 0.431. The highest BCUT2D eigenvalue weighted by Crippen LogP contribution is 2.22. The van der Waals surface area contributed by atoms with Crippen molar-refractivity contribution in [2.75, 3.05) is 0 Å². The average Bonchev–Trinajstić information content (AvgIpc) is 2.90. The van der Waals surface area contributed by atoms with Crippen molar-refractivity contribution in [1.29, 1.82) is 0 Å². The maximum absolute atomic E-state index is 4.77. The van der Waals surface area contributed by atoms with Gasteiger partial charge in [0.1, 0.15) is 0 Å². The molecule has 0 atom stereocenters. The summed E-state index contributed by atoms with van der Waals surface area (Å²) >= 11 is 3.44. The van der Waals surface area contributed by atoms with Gasteiger partial charge in [0, 0.05) is 24.2 Å². The Morgan fingerprint density at radius 2 is 2.10 bits per heavy atom. The zero-order valence-electron chi connectivity index (χ0n) is 12.0. The number of benzene rings is 1. The van der Waals surface area contributed by atoms with Gasteiger partial charge in [-0.3, -0.25) is 0 Å².